The van der Waals surface area contributed by atoms with Crippen molar-refractivity contribution in [3.8, 4) is 11.5 Å². The highest BCUT2D eigenvalue weighted by Crippen LogP contribution is 2.31. The van der Waals surface area contributed by atoms with Gasteiger partial charge in [0.05, 0.1) is 23.8 Å². The van der Waals surface area contributed by atoms with Crippen LogP contribution in [0.15, 0.2) is 30.3 Å². The zero-order chi connectivity index (χ0) is 18.6. The molecular formula is C15H11F3N2O5. The number of hydrogen-bond acceptors (Lipinski definition) is 5. The summed E-state index contributed by atoms with van der Waals surface area (Å²) in [6.07, 6.45) is 0. The first-order valence-electron chi connectivity index (χ1n) is 6.72. The minimum atomic E-state index is -1.73. The van der Waals surface area contributed by atoms with Crippen molar-refractivity contribution in [3.63, 3.8) is 0 Å². The lowest BCUT2D eigenvalue weighted by Gasteiger charge is -2.09. The minimum absolute atomic E-state index is 0.215. The SMILES string of the molecule is COc1ccc(OCC(=O)Nc2ccc(F)c(F)c2F)c([N+](=O)[O-])c1. The summed E-state index contributed by atoms with van der Waals surface area (Å²) in [6.45, 7) is -0.717. The Morgan fingerprint density at radius 1 is 1.20 bits per heavy atom. The average Bonchev–Trinajstić information content (AvgIpc) is 2.60. The molecule has 0 aliphatic heterocycles. The number of nitrogens with zero attached hydrogens (tertiary/aromatic N) is 1. The molecule has 0 radical (unpaired) electrons. The van der Waals surface area contributed by atoms with Crippen molar-refractivity contribution in [3.05, 3.63) is 57.9 Å². The maximum Gasteiger partial charge on any atom is 0.314 e. The maximum absolute atomic E-state index is 13.5. The van der Waals surface area contributed by atoms with Gasteiger partial charge in [0.2, 0.25) is 0 Å². The van der Waals surface area contributed by atoms with E-state index in [0.29, 0.717) is 6.07 Å². The Morgan fingerprint density at radius 2 is 1.92 bits per heavy atom. The van der Waals surface area contributed by atoms with Crippen molar-refractivity contribution < 1.29 is 32.4 Å². The molecule has 1 amide bonds. The molecule has 0 saturated heterocycles. The second-order valence-electron chi connectivity index (χ2n) is 4.65. The van der Waals surface area contributed by atoms with Crippen LogP contribution in [0.4, 0.5) is 24.5 Å². The molecule has 0 spiro atoms. The Kier molecular flexibility index (Phi) is 5.42. The number of nitro benzene ring substituents is 1. The zero-order valence-electron chi connectivity index (χ0n) is 12.7. The monoisotopic (exact) mass is 356 g/mol. The third-order valence-corrected chi connectivity index (χ3v) is 3.03. The van der Waals surface area contributed by atoms with E-state index in [1.165, 1.54) is 19.2 Å². The van der Waals surface area contributed by atoms with Gasteiger partial charge in [-0.2, -0.15) is 0 Å². The van der Waals surface area contributed by atoms with E-state index in [2.05, 4.69) is 0 Å². The zero-order valence-corrected chi connectivity index (χ0v) is 12.7. The van der Waals surface area contributed by atoms with Crippen LogP contribution in [0.3, 0.4) is 0 Å². The minimum Gasteiger partial charge on any atom is -0.496 e. The summed E-state index contributed by atoms with van der Waals surface area (Å²) in [5.74, 6) is -5.62. The van der Waals surface area contributed by atoms with E-state index in [0.717, 1.165) is 12.1 Å². The fourth-order valence-corrected chi connectivity index (χ4v) is 1.84. The number of amides is 1. The van der Waals surface area contributed by atoms with E-state index >= 15 is 0 Å². The Balaban J connectivity index is 2.08. The molecule has 0 heterocycles. The Morgan fingerprint density at radius 3 is 2.56 bits per heavy atom. The van der Waals surface area contributed by atoms with Gasteiger partial charge in [0, 0.05) is 0 Å². The second kappa shape index (κ2) is 7.51. The molecular weight excluding hydrogens is 345 g/mol. The summed E-state index contributed by atoms with van der Waals surface area (Å²) in [6, 6.07) is 5.19. The first kappa shape index (κ1) is 18.0. The number of ether oxygens (including phenoxy) is 2. The fraction of sp³-hybridized carbons (Fsp3) is 0.133. The number of nitro groups is 1. The molecule has 10 heteroatoms. The topological polar surface area (TPSA) is 90.7 Å². The van der Waals surface area contributed by atoms with Crippen LogP contribution in [-0.4, -0.2) is 24.5 Å². The van der Waals surface area contributed by atoms with Gasteiger partial charge in [-0.3, -0.25) is 14.9 Å². The van der Waals surface area contributed by atoms with E-state index in [4.69, 9.17) is 9.47 Å². The summed E-state index contributed by atoms with van der Waals surface area (Å²) in [5.41, 5.74) is -1.03. The Hall–Kier alpha value is -3.30. The molecule has 0 saturated carbocycles. The number of benzene rings is 2. The largest absolute Gasteiger partial charge is 0.496 e. The molecule has 7 nitrogen and oxygen atoms in total. The number of methoxy groups -OCH3 is 1. The first-order chi connectivity index (χ1) is 11.8. The van der Waals surface area contributed by atoms with Gasteiger partial charge in [-0.05, 0) is 24.3 Å². The highest BCUT2D eigenvalue weighted by Gasteiger charge is 2.19. The normalized spacial score (nSPS) is 10.2. The third-order valence-electron chi connectivity index (χ3n) is 3.03. The average molecular weight is 356 g/mol. The molecule has 25 heavy (non-hydrogen) atoms. The van der Waals surface area contributed by atoms with Crippen LogP contribution < -0.4 is 14.8 Å². The summed E-state index contributed by atoms with van der Waals surface area (Å²) in [5, 5.41) is 13.0. The van der Waals surface area contributed by atoms with E-state index in [1.807, 2.05) is 5.32 Å². The van der Waals surface area contributed by atoms with E-state index < -0.39 is 46.3 Å². The molecule has 1 N–H and O–H groups in total. The van der Waals surface area contributed by atoms with Crippen LogP contribution in [0.5, 0.6) is 11.5 Å². The van der Waals surface area contributed by atoms with Crippen LogP contribution in [0.1, 0.15) is 0 Å². The van der Waals surface area contributed by atoms with Crippen molar-refractivity contribution in [2.45, 2.75) is 0 Å². The first-order valence-corrected chi connectivity index (χ1v) is 6.72. The number of carbonyl (C=O) groups is 1. The van der Waals surface area contributed by atoms with Crippen LogP contribution in [0.2, 0.25) is 0 Å². The lowest BCUT2D eigenvalue weighted by Crippen LogP contribution is -2.21. The molecule has 2 aromatic carbocycles. The second-order valence-corrected chi connectivity index (χ2v) is 4.65. The van der Waals surface area contributed by atoms with Gasteiger partial charge in [0.1, 0.15) is 5.75 Å². The summed E-state index contributed by atoms with van der Waals surface area (Å²) >= 11 is 0. The van der Waals surface area contributed by atoms with Crippen LogP contribution in [0.25, 0.3) is 0 Å². The molecule has 0 fully saturated rings. The lowest BCUT2D eigenvalue weighted by molar-refractivity contribution is -0.385. The third kappa shape index (κ3) is 4.16. The van der Waals surface area contributed by atoms with Crippen molar-refractivity contribution in [1.29, 1.82) is 0 Å². The van der Waals surface area contributed by atoms with Gasteiger partial charge < -0.3 is 14.8 Å². The summed E-state index contributed by atoms with van der Waals surface area (Å²) in [7, 11) is 1.32. The number of carbonyl (C=O) groups excluding carboxylic acids is 1. The van der Waals surface area contributed by atoms with Crippen molar-refractivity contribution >= 4 is 17.3 Å². The highest BCUT2D eigenvalue weighted by atomic mass is 19.2. The van der Waals surface area contributed by atoms with Gasteiger partial charge in [0.25, 0.3) is 5.91 Å². The number of halogens is 3. The Labute approximate surface area is 139 Å². The van der Waals surface area contributed by atoms with Crippen LogP contribution in [0, 0.1) is 27.6 Å². The predicted molar refractivity (Wildman–Crippen MR) is 80.1 cm³/mol. The smallest absolute Gasteiger partial charge is 0.314 e. The van der Waals surface area contributed by atoms with E-state index in [-0.39, 0.29) is 11.5 Å². The highest BCUT2D eigenvalue weighted by molar-refractivity contribution is 5.92. The lowest BCUT2D eigenvalue weighted by atomic mass is 10.2. The van der Waals surface area contributed by atoms with Crippen molar-refractivity contribution in [2.24, 2.45) is 0 Å². The maximum atomic E-state index is 13.5. The molecule has 0 aliphatic rings. The van der Waals surface area contributed by atoms with E-state index in [1.54, 1.807) is 0 Å². The van der Waals surface area contributed by atoms with Gasteiger partial charge >= 0.3 is 5.69 Å². The number of anilines is 1. The Bertz CT molecular complexity index is 829. The molecule has 2 rings (SSSR count). The quantitative estimate of drug-likeness (QED) is 0.488. The molecule has 132 valence electrons. The standard InChI is InChI=1S/C15H11F3N2O5/c1-24-8-2-5-12(11(6-8)20(22)23)25-7-13(21)19-10-4-3-9(16)14(17)15(10)18/h2-6H,7H2,1H3,(H,19,21). The van der Waals surface area contributed by atoms with E-state index in [9.17, 15) is 28.1 Å². The molecule has 2 aromatic rings. The molecule has 0 bridgehead atoms. The summed E-state index contributed by atoms with van der Waals surface area (Å²) in [4.78, 5) is 22.0. The van der Waals surface area contributed by atoms with Gasteiger partial charge in [-0.15, -0.1) is 0 Å². The van der Waals surface area contributed by atoms with Gasteiger partial charge in [0.15, 0.2) is 29.8 Å². The van der Waals surface area contributed by atoms with Crippen molar-refractivity contribution in [2.75, 3.05) is 19.0 Å². The van der Waals surface area contributed by atoms with Crippen LogP contribution >= 0.6 is 0 Å². The fourth-order valence-electron chi connectivity index (χ4n) is 1.84. The predicted octanol–water partition coefficient (Wildman–Crippen LogP) is 3.04. The molecule has 0 aromatic heterocycles. The molecule has 0 unspecified atom stereocenters. The van der Waals surface area contributed by atoms with Gasteiger partial charge in [-0.1, -0.05) is 0 Å². The number of hydrogen-bond donors (Lipinski definition) is 1. The number of nitrogens with one attached hydrogen (secondary N) is 1. The molecule has 0 aliphatic carbocycles. The van der Waals surface area contributed by atoms with Gasteiger partial charge in [-0.25, -0.2) is 13.2 Å². The van der Waals surface area contributed by atoms with Crippen LogP contribution in [-0.2, 0) is 4.79 Å². The van der Waals surface area contributed by atoms with Crippen molar-refractivity contribution in [1.82, 2.24) is 0 Å². The molecule has 0 atom stereocenters. The number of rotatable bonds is 6. The summed E-state index contributed by atoms with van der Waals surface area (Å²) < 4.78 is 49.3.